The van der Waals surface area contributed by atoms with Gasteiger partial charge in [0.05, 0.1) is 6.04 Å². The van der Waals surface area contributed by atoms with E-state index in [1.54, 1.807) is 4.90 Å². The Balaban J connectivity index is 1.72. The first-order valence-electron chi connectivity index (χ1n) is 9.04. The summed E-state index contributed by atoms with van der Waals surface area (Å²) in [4.78, 5) is 31.2. The fraction of sp³-hybridized carbons (Fsp3) is 0.765. The van der Waals surface area contributed by atoms with Crippen molar-refractivity contribution in [2.45, 2.75) is 75.9 Å². The predicted octanol–water partition coefficient (Wildman–Crippen LogP) is 1.52. The molecule has 0 aromatic rings. The maximum Gasteiger partial charge on any atom is 0.247 e. The third-order valence-corrected chi connectivity index (χ3v) is 5.68. The number of amides is 2. The summed E-state index contributed by atoms with van der Waals surface area (Å²) in [5, 5.41) is 2.93. The Labute approximate surface area is 148 Å². The molecule has 0 unspecified atom stereocenters. The number of nitrogens with two attached hydrogens (primary N) is 1. The minimum Gasteiger partial charge on any atom is -0.326 e. The number of rotatable bonds is 3. The van der Waals surface area contributed by atoms with E-state index in [2.05, 4.69) is 10.3 Å². The molecule has 3 N–H and O–H groups in total. The average Bonchev–Trinajstić information content (AvgIpc) is 2.57. The van der Waals surface area contributed by atoms with E-state index in [9.17, 15) is 9.59 Å². The lowest BCUT2D eigenvalue weighted by Gasteiger charge is -2.38. The second kappa shape index (κ2) is 7.70. The molecule has 3 aliphatic rings. The highest BCUT2D eigenvalue weighted by Gasteiger charge is 2.41. The van der Waals surface area contributed by atoms with Crippen molar-refractivity contribution < 1.29 is 9.59 Å². The molecule has 0 radical (unpaired) electrons. The van der Waals surface area contributed by atoms with Gasteiger partial charge in [-0.2, -0.15) is 0 Å². The van der Waals surface area contributed by atoms with Crippen LogP contribution in [0.4, 0.5) is 0 Å². The number of nitrogens with one attached hydrogen (secondary N) is 1. The van der Waals surface area contributed by atoms with Gasteiger partial charge in [-0.25, -0.2) is 0 Å². The Kier molecular flexibility index (Phi) is 5.61. The zero-order valence-electron chi connectivity index (χ0n) is 13.9. The van der Waals surface area contributed by atoms with Gasteiger partial charge in [-0.1, -0.05) is 32.1 Å². The normalized spacial score (nSPS) is 33.1. The number of aliphatic imine (C=N–C) groups is 1. The van der Waals surface area contributed by atoms with E-state index in [0.717, 1.165) is 51.4 Å². The van der Waals surface area contributed by atoms with Gasteiger partial charge >= 0.3 is 0 Å². The number of carbonyl (C=O) groups is 2. The van der Waals surface area contributed by atoms with Crippen molar-refractivity contribution in [3.8, 4) is 0 Å². The van der Waals surface area contributed by atoms with E-state index in [4.69, 9.17) is 18.0 Å². The molecular formula is C17H26N4O2S. The minimum absolute atomic E-state index is 0.0105. The lowest BCUT2D eigenvalue weighted by molar-refractivity contribution is -0.139. The summed E-state index contributed by atoms with van der Waals surface area (Å²) in [6.07, 6.45) is 10.9. The first-order valence-corrected chi connectivity index (χ1v) is 9.45. The Morgan fingerprint density at radius 3 is 2.46 bits per heavy atom. The number of hydrogen-bond donors (Lipinski definition) is 2. The van der Waals surface area contributed by atoms with Crippen molar-refractivity contribution in [1.82, 2.24) is 10.2 Å². The number of carbonyl (C=O) groups excluding carboxylic acids is 2. The molecule has 1 heterocycles. The largest absolute Gasteiger partial charge is 0.326 e. The van der Waals surface area contributed by atoms with Crippen molar-refractivity contribution in [2.24, 2.45) is 16.6 Å². The van der Waals surface area contributed by atoms with Crippen molar-refractivity contribution in [1.29, 1.82) is 0 Å². The highest BCUT2D eigenvalue weighted by molar-refractivity contribution is 7.80. The molecule has 3 atom stereocenters. The smallest absolute Gasteiger partial charge is 0.247 e. The molecule has 132 valence electrons. The molecule has 7 heteroatoms. The molecule has 6 nitrogen and oxygen atoms in total. The highest BCUT2D eigenvalue weighted by atomic mass is 32.1. The van der Waals surface area contributed by atoms with E-state index in [-0.39, 0.29) is 35.1 Å². The Bertz CT molecular complexity index is 545. The number of hydrogen-bond acceptors (Lipinski definition) is 5. The molecule has 2 amide bonds. The van der Waals surface area contributed by atoms with Gasteiger partial charge in [0.1, 0.15) is 0 Å². The van der Waals surface area contributed by atoms with Gasteiger partial charge in [-0.15, -0.1) is 0 Å². The van der Waals surface area contributed by atoms with Gasteiger partial charge in [-0.3, -0.25) is 19.5 Å². The van der Waals surface area contributed by atoms with Crippen LogP contribution >= 0.6 is 12.2 Å². The second-order valence-electron chi connectivity index (χ2n) is 7.09. The van der Waals surface area contributed by atoms with Crippen LogP contribution in [0.25, 0.3) is 0 Å². The van der Waals surface area contributed by atoms with Gasteiger partial charge in [0, 0.05) is 18.3 Å². The Morgan fingerprint density at radius 2 is 1.75 bits per heavy atom. The summed E-state index contributed by atoms with van der Waals surface area (Å²) >= 11 is 5.25. The highest BCUT2D eigenvalue weighted by Crippen LogP contribution is 2.26. The summed E-state index contributed by atoms with van der Waals surface area (Å²) in [7, 11) is 0. The van der Waals surface area contributed by atoms with Crippen LogP contribution in [0.3, 0.4) is 0 Å². The Hall–Kier alpha value is -1.34. The molecule has 1 saturated heterocycles. The van der Waals surface area contributed by atoms with Gasteiger partial charge in [0.15, 0.2) is 11.0 Å². The first-order chi connectivity index (χ1) is 11.6. The molecular weight excluding hydrogens is 324 g/mol. The van der Waals surface area contributed by atoms with E-state index in [1.165, 1.54) is 12.6 Å². The van der Waals surface area contributed by atoms with Crippen molar-refractivity contribution in [2.75, 3.05) is 0 Å². The standard InChI is InChI=1S/C17H26N4O2S/c18-13-8-4-5-9-14(13)19-10-12-15(22)20-17(24)21(16(12)23)11-6-2-1-3-7-11/h10-14H,1-9,18H2,(H,20,22,24)/t12-,13-,14+/m0/s1. The van der Waals surface area contributed by atoms with E-state index >= 15 is 0 Å². The number of nitrogens with zero attached hydrogens (tertiary/aromatic N) is 2. The lowest BCUT2D eigenvalue weighted by atomic mass is 9.91. The summed E-state index contributed by atoms with van der Waals surface area (Å²) in [6.45, 7) is 0. The Morgan fingerprint density at radius 1 is 1.08 bits per heavy atom. The first kappa shape index (κ1) is 17.5. The molecule has 3 rings (SSSR count). The zero-order valence-corrected chi connectivity index (χ0v) is 14.8. The SMILES string of the molecule is N[C@H]1CCCC[C@H]1N=C[C@H]1C(=O)NC(=S)N(C2CCCCC2)C1=O. The minimum atomic E-state index is -0.882. The maximum absolute atomic E-state index is 12.9. The van der Waals surface area contributed by atoms with Crippen LogP contribution < -0.4 is 11.1 Å². The second-order valence-corrected chi connectivity index (χ2v) is 7.47. The van der Waals surface area contributed by atoms with Crippen LogP contribution in [0.5, 0.6) is 0 Å². The van der Waals surface area contributed by atoms with Crippen LogP contribution in [0.2, 0.25) is 0 Å². The fourth-order valence-corrected chi connectivity index (χ4v) is 4.28. The fourth-order valence-electron chi connectivity index (χ4n) is 3.94. The van der Waals surface area contributed by atoms with Gasteiger partial charge in [0.25, 0.3) is 0 Å². The van der Waals surface area contributed by atoms with Crippen molar-refractivity contribution in [3.05, 3.63) is 0 Å². The van der Waals surface area contributed by atoms with Crippen molar-refractivity contribution in [3.63, 3.8) is 0 Å². The molecule has 0 bridgehead atoms. The molecule has 0 spiro atoms. The van der Waals surface area contributed by atoms with E-state index in [0.29, 0.717) is 0 Å². The third-order valence-electron chi connectivity index (χ3n) is 5.38. The quantitative estimate of drug-likeness (QED) is 0.459. The van der Waals surface area contributed by atoms with Crippen LogP contribution in [0.1, 0.15) is 57.8 Å². The van der Waals surface area contributed by atoms with Crippen LogP contribution in [0, 0.1) is 5.92 Å². The van der Waals surface area contributed by atoms with E-state index in [1.807, 2.05) is 0 Å². The van der Waals surface area contributed by atoms with Crippen LogP contribution in [-0.2, 0) is 9.59 Å². The predicted molar refractivity (Wildman–Crippen MR) is 96.7 cm³/mol. The lowest BCUT2D eigenvalue weighted by Crippen LogP contribution is -2.61. The monoisotopic (exact) mass is 350 g/mol. The van der Waals surface area contributed by atoms with E-state index < -0.39 is 5.92 Å². The van der Waals surface area contributed by atoms with Crippen LogP contribution in [0.15, 0.2) is 4.99 Å². The number of thiocarbonyl (C=S) groups is 1. The van der Waals surface area contributed by atoms with Crippen molar-refractivity contribution >= 4 is 35.4 Å². The molecule has 2 aliphatic carbocycles. The molecule has 3 fully saturated rings. The van der Waals surface area contributed by atoms with Gasteiger partial charge < -0.3 is 11.1 Å². The topological polar surface area (TPSA) is 87.8 Å². The zero-order chi connectivity index (χ0) is 17.1. The third kappa shape index (κ3) is 3.67. The molecule has 24 heavy (non-hydrogen) atoms. The summed E-state index contributed by atoms with van der Waals surface area (Å²) in [5.41, 5.74) is 6.10. The average molecular weight is 350 g/mol. The molecule has 0 aromatic carbocycles. The molecule has 0 aromatic heterocycles. The molecule has 2 saturated carbocycles. The summed E-state index contributed by atoms with van der Waals surface area (Å²) in [5.74, 6) is -1.48. The van der Waals surface area contributed by atoms with Gasteiger partial charge in [0.2, 0.25) is 11.8 Å². The van der Waals surface area contributed by atoms with Gasteiger partial charge in [-0.05, 0) is 37.9 Å². The maximum atomic E-state index is 12.9. The van der Waals surface area contributed by atoms with Crippen LogP contribution in [-0.4, -0.2) is 46.2 Å². The summed E-state index contributed by atoms with van der Waals surface area (Å²) < 4.78 is 0. The molecule has 1 aliphatic heterocycles. The summed E-state index contributed by atoms with van der Waals surface area (Å²) in [6, 6.07) is 0.135.